The molecule has 2 aliphatic heterocycles. The van der Waals surface area contributed by atoms with Crippen LogP contribution in [0.1, 0.15) is 22.8 Å². The lowest BCUT2D eigenvalue weighted by molar-refractivity contribution is 0.0696. The minimum atomic E-state index is -0.893. The number of nitrogens with zero attached hydrogens (tertiary/aromatic N) is 2. The van der Waals surface area contributed by atoms with Gasteiger partial charge in [-0.25, -0.2) is 4.79 Å². The average molecular weight is 304 g/mol. The molecule has 0 saturated carbocycles. The molecule has 22 heavy (non-hydrogen) atoms. The molecule has 2 atom stereocenters. The van der Waals surface area contributed by atoms with Crippen LogP contribution in [-0.4, -0.2) is 61.2 Å². The maximum atomic E-state index is 11.2. The third-order valence-corrected chi connectivity index (χ3v) is 5.13. The number of hydrogen-bond acceptors (Lipinski definition) is 4. The van der Waals surface area contributed by atoms with Crippen LogP contribution in [0.4, 0.5) is 0 Å². The molecule has 120 valence electrons. The first kappa shape index (κ1) is 15.3. The number of carboxylic acid groups (broad SMARTS) is 1. The Morgan fingerprint density at radius 3 is 2.82 bits per heavy atom. The van der Waals surface area contributed by atoms with Crippen LogP contribution < -0.4 is 4.74 Å². The van der Waals surface area contributed by atoms with E-state index in [4.69, 9.17) is 4.74 Å². The van der Waals surface area contributed by atoms with Crippen molar-refractivity contribution < 1.29 is 14.6 Å². The first-order valence-electron chi connectivity index (χ1n) is 7.72. The summed E-state index contributed by atoms with van der Waals surface area (Å²) < 4.78 is 5.40. The molecule has 0 aromatic heterocycles. The van der Waals surface area contributed by atoms with Gasteiger partial charge in [0.15, 0.2) is 0 Å². The van der Waals surface area contributed by atoms with Crippen LogP contribution in [0, 0.1) is 11.3 Å². The van der Waals surface area contributed by atoms with Gasteiger partial charge in [-0.1, -0.05) is 6.92 Å². The Bertz CT molecular complexity index is 589. The van der Waals surface area contributed by atoms with E-state index in [0.717, 1.165) is 44.0 Å². The Hall–Kier alpha value is -1.59. The van der Waals surface area contributed by atoms with Gasteiger partial charge in [0.05, 0.1) is 12.7 Å². The highest BCUT2D eigenvalue weighted by atomic mass is 16.5. The fourth-order valence-corrected chi connectivity index (χ4v) is 4.15. The first-order valence-corrected chi connectivity index (χ1v) is 7.72. The molecule has 0 aliphatic carbocycles. The third kappa shape index (κ3) is 2.71. The number of ether oxygens (including phenoxy) is 1. The molecule has 2 heterocycles. The van der Waals surface area contributed by atoms with E-state index in [1.165, 1.54) is 0 Å². The second-order valence-corrected chi connectivity index (χ2v) is 7.05. The van der Waals surface area contributed by atoms with Crippen molar-refractivity contribution in [2.24, 2.45) is 11.3 Å². The molecule has 2 saturated heterocycles. The maximum Gasteiger partial charge on any atom is 0.335 e. The SMILES string of the molecule is COc1ccc(C(=O)O)cc1CN1C[C@@H]2CN(C)C[C@]2(C)C1. The van der Waals surface area contributed by atoms with Crippen LogP contribution >= 0.6 is 0 Å². The molecular weight excluding hydrogens is 280 g/mol. The fraction of sp³-hybridized carbons (Fsp3) is 0.588. The first-order chi connectivity index (χ1) is 10.4. The Morgan fingerprint density at radius 2 is 2.18 bits per heavy atom. The summed E-state index contributed by atoms with van der Waals surface area (Å²) in [6, 6.07) is 5.09. The number of carboxylic acids is 1. The van der Waals surface area contributed by atoms with Gasteiger partial charge in [0.25, 0.3) is 0 Å². The highest BCUT2D eigenvalue weighted by molar-refractivity contribution is 5.88. The smallest absolute Gasteiger partial charge is 0.335 e. The summed E-state index contributed by atoms with van der Waals surface area (Å²) in [5, 5.41) is 9.18. The highest BCUT2D eigenvalue weighted by Gasteiger charge is 2.47. The van der Waals surface area contributed by atoms with Gasteiger partial charge < -0.3 is 14.7 Å². The summed E-state index contributed by atoms with van der Waals surface area (Å²) in [7, 11) is 3.82. The second-order valence-electron chi connectivity index (χ2n) is 7.05. The number of carbonyl (C=O) groups is 1. The molecule has 1 N–H and O–H groups in total. The number of likely N-dealkylation sites (tertiary alicyclic amines) is 2. The molecular formula is C17H24N2O3. The van der Waals surface area contributed by atoms with E-state index in [2.05, 4.69) is 23.8 Å². The van der Waals surface area contributed by atoms with Crippen LogP contribution in [0.2, 0.25) is 0 Å². The molecule has 2 fully saturated rings. The van der Waals surface area contributed by atoms with Crippen LogP contribution in [0.15, 0.2) is 18.2 Å². The predicted molar refractivity (Wildman–Crippen MR) is 84.3 cm³/mol. The van der Waals surface area contributed by atoms with E-state index < -0.39 is 5.97 Å². The largest absolute Gasteiger partial charge is 0.496 e. The normalized spacial score (nSPS) is 28.8. The Kier molecular flexibility index (Phi) is 3.87. The van der Waals surface area contributed by atoms with Crippen molar-refractivity contribution >= 4 is 5.97 Å². The Balaban J connectivity index is 1.77. The summed E-state index contributed by atoms with van der Waals surface area (Å²) in [6.07, 6.45) is 0. The fourth-order valence-electron chi connectivity index (χ4n) is 4.15. The lowest BCUT2D eigenvalue weighted by Gasteiger charge is -2.24. The number of benzene rings is 1. The molecule has 2 aliphatic rings. The molecule has 3 rings (SSSR count). The Labute approximate surface area is 131 Å². The van der Waals surface area contributed by atoms with E-state index in [0.29, 0.717) is 16.9 Å². The van der Waals surface area contributed by atoms with Gasteiger partial charge in [-0.2, -0.15) is 0 Å². The summed E-state index contributed by atoms with van der Waals surface area (Å²) in [4.78, 5) is 16.0. The van der Waals surface area contributed by atoms with Crippen molar-refractivity contribution in [2.45, 2.75) is 13.5 Å². The summed E-state index contributed by atoms with van der Waals surface area (Å²) >= 11 is 0. The number of methoxy groups -OCH3 is 1. The molecule has 0 spiro atoms. The monoisotopic (exact) mass is 304 g/mol. The van der Waals surface area contributed by atoms with Crippen LogP contribution in [0.25, 0.3) is 0 Å². The number of rotatable bonds is 4. The molecule has 0 amide bonds. The lowest BCUT2D eigenvalue weighted by Crippen LogP contribution is -2.30. The van der Waals surface area contributed by atoms with E-state index >= 15 is 0 Å². The van der Waals surface area contributed by atoms with Crippen molar-refractivity contribution in [3.05, 3.63) is 29.3 Å². The van der Waals surface area contributed by atoms with Crippen molar-refractivity contribution in [1.82, 2.24) is 9.80 Å². The quantitative estimate of drug-likeness (QED) is 0.919. The number of aromatic carboxylic acids is 1. The van der Waals surface area contributed by atoms with Crippen molar-refractivity contribution in [3.8, 4) is 5.75 Å². The molecule has 1 aromatic carbocycles. The zero-order valence-electron chi connectivity index (χ0n) is 13.5. The molecule has 1 aromatic rings. The van der Waals surface area contributed by atoms with Gasteiger partial charge in [0, 0.05) is 38.3 Å². The van der Waals surface area contributed by atoms with Gasteiger partial charge in [0.1, 0.15) is 5.75 Å². The minimum Gasteiger partial charge on any atom is -0.496 e. The van der Waals surface area contributed by atoms with Crippen LogP contribution in [-0.2, 0) is 6.54 Å². The second kappa shape index (κ2) is 5.56. The zero-order valence-corrected chi connectivity index (χ0v) is 13.5. The molecule has 0 radical (unpaired) electrons. The van der Waals surface area contributed by atoms with Crippen molar-refractivity contribution in [3.63, 3.8) is 0 Å². The maximum absolute atomic E-state index is 11.2. The van der Waals surface area contributed by atoms with E-state index in [9.17, 15) is 9.90 Å². The van der Waals surface area contributed by atoms with Crippen molar-refractivity contribution in [2.75, 3.05) is 40.3 Å². The lowest BCUT2D eigenvalue weighted by atomic mass is 9.83. The summed E-state index contributed by atoms with van der Waals surface area (Å²) in [5.41, 5.74) is 1.63. The van der Waals surface area contributed by atoms with Crippen molar-refractivity contribution in [1.29, 1.82) is 0 Å². The van der Waals surface area contributed by atoms with E-state index in [-0.39, 0.29) is 0 Å². The molecule has 5 heteroatoms. The molecule has 0 unspecified atom stereocenters. The highest BCUT2D eigenvalue weighted by Crippen LogP contribution is 2.42. The van der Waals surface area contributed by atoms with Gasteiger partial charge in [-0.15, -0.1) is 0 Å². The van der Waals surface area contributed by atoms with Gasteiger partial charge in [0.2, 0.25) is 0 Å². The average Bonchev–Trinajstić information content (AvgIpc) is 2.87. The van der Waals surface area contributed by atoms with Gasteiger partial charge in [-0.05, 0) is 36.6 Å². The molecule has 0 bridgehead atoms. The number of hydrogen-bond donors (Lipinski definition) is 1. The van der Waals surface area contributed by atoms with Crippen LogP contribution in [0.3, 0.4) is 0 Å². The summed E-state index contributed by atoms with van der Waals surface area (Å²) in [5.74, 6) is 0.575. The molecule has 5 nitrogen and oxygen atoms in total. The summed E-state index contributed by atoms with van der Waals surface area (Å²) in [6.45, 7) is 7.54. The van der Waals surface area contributed by atoms with E-state index in [1.54, 1.807) is 25.3 Å². The topological polar surface area (TPSA) is 53.0 Å². The zero-order chi connectivity index (χ0) is 15.9. The minimum absolute atomic E-state index is 0.320. The van der Waals surface area contributed by atoms with Crippen LogP contribution in [0.5, 0.6) is 5.75 Å². The van der Waals surface area contributed by atoms with E-state index in [1.807, 2.05) is 0 Å². The number of fused-ring (bicyclic) bond motifs is 1. The van der Waals surface area contributed by atoms with Gasteiger partial charge in [-0.3, -0.25) is 4.90 Å². The Morgan fingerprint density at radius 1 is 1.41 bits per heavy atom. The predicted octanol–water partition coefficient (Wildman–Crippen LogP) is 1.78. The van der Waals surface area contributed by atoms with Gasteiger partial charge >= 0.3 is 5.97 Å². The standard InChI is InChI=1S/C17H24N2O3/c1-17-10-18(2)8-14(17)9-19(11-17)7-13-6-12(16(20)21)4-5-15(13)22-3/h4-6,14H,7-11H2,1-3H3,(H,20,21)/t14-,17+/m0/s1. The third-order valence-electron chi connectivity index (χ3n) is 5.13.